The van der Waals surface area contributed by atoms with Gasteiger partial charge in [0.05, 0.1) is 6.61 Å². The van der Waals surface area contributed by atoms with Gasteiger partial charge in [0.15, 0.2) is 0 Å². The molecular weight excluding hydrogens is 257 g/mol. The van der Waals surface area contributed by atoms with Crippen LogP contribution < -0.4 is 4.74 Å². The maximum absolute atomic E-state index is 12.3. The van der Waals surface area contributed by atoms with E-state index in [4.69, 9.17) is 4.74 Å². The second kappa shape index (κ2) is 6.59. The van der Waals surface area contributed by atoms with Gasteiger partial charge in [0.25, 0.3) is 5.78 Å². The lowest BCUT2D eigenvalue weighted by Crippen LogP contribution is -2.23. The summed E-state index contributed by atoms with van der Waals surface area (Å²) in [5.41, 5.74) is -0.0521. The van der Waals surface area contributed by atoms with Crippen LogP contribution in [0.4, 0.5) is 13.2 Å². The van der Waals surface area contributed by atoms with E-state index in [1.165, 1.54) is 25.1 Å². The summed E-state index contributed by atoms with van der Waals surface area (Å²) in [7, 11) is 0. The van der Waals surface area contributed by atoms with E-state index >= 15 is 0 Å². The van der Waals surface area contributed by atoms with Gasteiger partial charge < -0.3 is 4.74 Å². The summed E-state index contributed by atoms with van der Waals surface area (Å²) in [6.07, 6.45) is -1.82. The van der Waals surface area contributed by atoms with Crippen LogP contribution in [0, 0.1) is 6.92 Å². The van der Waals surface area contributed by atoms with Gasteiger partial charge in [0.1, 0.15) is 5.75 Å². The van der Waals surface area contributed by atoms with Gasteiger partial charge >= 0.3 is 6.18 Å². The van der Waals surface area contributed by atoms with Crippen molar-refractivity contribution in [1.29, 1.82) is 0 Å². The van der Waals surface area contributed by atoms with Gasteiger partial charge in [-0.25, -0.2) is 0 Å². The molecule has 0 unspecified atom stereocenters. The minimum atomic E-state index is -4.84. The van der Waals surface area contributed by atoms with Crippen LogP contribution in [0.15, 0.2) is 18.2 Å². The number of carbonyl (C=O) groups excluding carboxylic acids is 1. The maximum Gasteiger partial charge on any atom is 0.454 e. The Morgan fingerprint density at radius 1 is 1.26 bits per heavy atom. The third-order valence-electron chi connectivity index (χ3n) is 2.72. The summed E-state index contributed by atoms with van der Waals surface area (Å²) in [4.78, 5) is 11.1. The molecule has 2 nitrogen and oxygen atoms in total. The second-order valence-electron chi connectivity index (χ2n) is 4.36. The average molecular weight is 274 g/mol. The van der Waals surface area contributed by atoms with Crippen molar-refractivity contribution in [3.8, 4) is 5.75 Å². The highest BCUT2D eigenvalue weighted by atomic mass is 19.4. The molecule has 0 spiro atoms. The maximum atomic E-state index is 12.3. The molecule has 0 heterocycles. The van der Waals surface area contributed by atoms with Crippen LogP contribution in [0.5, 0.6) is 5.75 Å². The van der Waals surface area contributed by atoms with Crippen molar-refractivity contribution in [2.24, 2.45) is 0 Å². The second-order valence-corrected chi connectivity index (χ2v) is 4.36. The predicted octanol–water partition coefficient (Wildman–Crippen LogP) is 4.31. The van der Waals surface area contributed by atoms with Gasteiger partial charge in [-0.15, -0.1) is 0 Å². The van der Waals surface area contributed by atoms with Crippen LogP contribution in [0.1, 0.15) is 42.1 Å². The topological polar surface area (TPSA) is 26.3 Å². The number of Topliss-reactive ketones (excluding diaryl/α,β-unsaturated/α-hetero) is 1. The fraction of sp³-hybridized carbons (Fsp3) is 0.500. The van der Waals surface area contributed by atoms with E-state index < -0.39 is 12.0 Å². The lowest BCUT2D eigenvalue weighted by molar-refractivity contribution is -0.0885. The smallest absolute Gasteiger partial charge is 0.454 e. The normalized spacial score (nSPS) is 11.4. The van der Waals surface area contributed by atoms with Crippen molar-refractivity contribution in [2.45, 2.75) is 39.3 Å². The van der Waals surface area contributed by atoms with Crippen molar-refractivity contribution < 1.29 is 22.7 Å². The summed E-state index contributed by atoms with van der Waals surface area (Å²) in [6, 6.07) is 4.03. The number of benzene rings is 1. The summed E-state index contributed by atoms with van der Waals surface area (Å²) in [6.45, 7) is 4.07. The largest absolute Gasteiger partial charge is 0.494 e. The standard InChI is InChI=1S/C14H17F3O2/c1-3-4-5-8-19-11-6-7-12(10(2)9-11)13(18)14(15,16)17/h6-7,9H,3-5,8H2,1-2H3. The van der Waals surface area contributed by atoms with Gasteiger partial charge in [0, 0.05) is 5.56 Å². The van der Waals surface area contributed by atoms with Crippen LogP contribution in [0.3, 0.4) is 0 Å². The number of aryl methyl sites for hydroxylation is 1. The third-order valence-corrected chi connectivity index (χ3v) is 2.72. The highest BCUT2D eigenvalue weighted by Gasteiger charge is 2.39. The van der Waals surface area contributed by atoms with Crippen LogP contribution in [0.25, 0.3) is 0 Å². The highest BCUT2D eigenvalue weighted by Crippen LogP contribution is 2.25. The van der Waals surface area contributed by atoms with Gasteiger partial charge in [-0.1, -0.05) is 19.8 Å². The highest BCUT2D eigenvalue weighted by molar-refractivity contribution is 6.01. The summed E-state index contributed by atoms with van der Waals surface area (Å²) < 4.78 is 42.4. The SMILES string of the molecule is CCCCCOc1ccc(C(=O)C(F)(F)F)c(C)c1. The molecule has 0 radical (unpaired) electrons. The van der Waals surface area contributed by atoms with Gasteiger partial charge in [0.2, 0.25) is 0 Å². The lowest BCUT2D eigenvalue weighted by Gasteiger charge is -2.11. The Balaban J connectivity index is 2.72. The number of ketones is 1. The molecule has 0 fully saturated rings. The molecule has 0 atom stereocenters. The first-order valence-electron chi connectivity index (χ1n) is 6.21. The number of alkyl halides is 3. The fourth-order valence-corrected chi connectivity index (χ4v) is 1.68. The molecule has 0 aromatic heterocycles. The van der Waals surface area contributed by atoms with Gasteiger partial charge in [-0.2, -0.15) is 13.2 Å². The molecule has 0 amide bonds. The van der Waals surface area contributed by atoms with Crippen LogP contribution in [-0.4, -0.2) is 18.6 Å². The van der Waals surface area contributed by atoms with Gasteiger partial charge in [-0.05, 0) is 37.1 Å². The molecule has 5 heteroatoms. The molecule has 106 valence electrons. The minimum absolute atomic E-state index is 0.273. The molecule has 0 aliphatic heterocycles. The fourth-order valence-electron chi connectivity index (χ4n) is 1.68. The van der Waals surface area contributed by atoms with Crippen LogP contribution >= 0.6 is 0 Å². The molecule has 0 aliphatic carbocycles. The van der Waals surface area contributed by atoms with E-state index in [9.17, 15) is 18.0 Å². The minimum Gasteiger partial charge on any atom is -0.494 e. The molecule has 0 saturated carbocycles. The number of ether oxygens (including phenoxy) is 1. The van der Waals surface area contributed by atoms with E-state index in [2.05, 4.69) is 6.92 Å². The Morgan fingerprint density at radius 2 is 1.95 bits per heavy atom. The number of hydrogen-bond donors (Lipinski definition) is 0. The zero-order valence-electron chi connectivity index (χ0n) is 11.0. The zero-order chi connectivity index (χ0) is 14.5. The summed E-state index contributed by atoms with van der Waals surface area (Å²) >= 11 is 0. The monoisotopic (exact) mass is 274 g/mol. The van der Waals surface area contributed by atoms with E-state index in [1.807, 2.05) is 0 Å². The van der Waals surface area contributed by atoms with Crippen LogP contribution in [0.2, 0.25) is 0 Å². The molecule has 1 aromatic carbocycles. The Kier molecular flexibility index (Phi) is 5.39. The Hall–Kier alpha value is -1.52. The van der Waals surface area contributed by atoms with Crippen molar-refractivity contribution in [3.05, 3.63) is 29.3 Å². The number of carbonyl (C=O) groups is 1. The summed E-state index contributed by atoms with van der Waals surface area (Å²) in [5, 5.41) is 0. The quantitative estimate of drug-likeness (QED) is 0.570. The van der Waals surface area contributed by atoms with Gasteiger partial charge in [-0.3, -0.25) is 4.79 Å². The molecule has 0 aliphatic rings. The average Bonchev–Trinajstić information content (AvgIpc) is 2.33. The Labute approximate surface area is 110 Å². The predicted molar refractivity (Wildman–Crippen MR) is 66.6 cm³/mol. The zero-order valence-corrected chi connectivity index (χ0v) is 11.0. The number of hydrogen-bond acceptors (Lipinski definition) is 2. The molecule has 0 saturated heterocycles. The van der Waals surface area contributed by atoms with Crippen LogP contribution in [-0.2, 0) is 0 Å². The summed E-state index contributed by atoms with van der Waals surface area (Å²) in [5.74, 6) is -1.32. The molecule has 1 rings (SSSR count). The third kappa shape index (κ3) is 4.58. The van der Waals surface area contributed by atoms with Crippen molar-refractivity contribution in [3.63, 3.8) is 0 Å². The molecular formula is C14H17F3O2. The molecule has 0 bridgehead atoms. The molecule has 0 N–H and O–H groups in total. The Morgan fingerprint density at radius 3 is 2.47 bits per heavy atom. The van der Waals surface area contributed by atoms with E-state index in [0.29, 0.717) is 12.4 Å². The van der Waals surface area contributed by atoms with Crippen molar-refractivity contribution in [1.82, 2.24) is 0 Å². The molecule has 19 heavy (non-hydrogen) atoms. The van der Waals surface area contributed by atoms with Crippen molar-refractivity contribution in [2.75, 3.05) is 6.61 Å². The number of halogens is 3. The Bertz CT molecular complexity index is 439. The van der Waals surface area contributed by atoms with E-state index in [0.717, 1.165) is 19.3 Å². The van der Waals surface area contributed by atoms with E-state index in [1.54, 1.807) is 0 Å². The molecule has 1 aromatic rings. The first-order chi connectivity index (χ1) is 8.86. The first kappa shape index (κ1) is 15.5. The van der Waals surface area contributed by atoms with E-state index in [-0.39, 0.29) is 11.1 Å². The number of unbranched alkanes of at least 4 members (excludes halogenated alkanes) is 2. The first-order valence-corrected chi connectivity index (χ1v) is 6.21. The number of rotatable bonds is 6. The van der Waals surface area contributed by atoms with Crippen molar-refractivity contribution >= 4 is 5.78 Å². The lowest BCUT2D eigenvalue weighted by atomic mass is 10.0.